The first-order chi connectivity index (χ1) is 8.20. The minimum Gasteiger partial charge on any atom is -0.465 e. The van der Waals surface area contributed by atoms with Crippen LogP contribution >= 0.6 is 0 Å². The summed E-state index contributed by atoms with van der Waals surface area (Å²) in [6.07, 6.45) is 3.31. The zero-order valence-corrected chi connectivity index (χ0v) is 9.98. The van der Waals surface area contributed by atoms with Gasteiger partial charge in [-0.2, -0.15) is 0 Å². The highest BCUT2D eigenvalue weighted by Crippen LogP contribution is 2.22. The predicted molar refractivity (Wildman–Crippen MR) is 67.0 cm³/mol. The molecule has 2 unspecified atom stereocenters. The number of nitrogens with two attached hydrogens (primary N) is 1. The minimum absolute atomic E-state index is 0.205. The first-order valence-electron chi connectivity index (χ1n) is 5.91. The number of carbonyl (C=O) groups is 1. The number of anilines is 1. The Kier molecular flexibility index (Phi) is 3.64. The van der Waals surface area contributed by atoms with Crippen molar-refractivity contribution in [2.75, 3.05) is 12.4 Å². The van der Waals surface area contributed by atoms with Crippen LogP contribution in [0.15, 0.2) is 24.3 Å². The number of ether oxygens (including phenoxy) is 1. The molecule has 1 aliphatic rings. The quantitative estimate of drug-likeness (QED) is 0.782. The van der Waals surface area contributed by atoms with E-state index in [0.717, 1.165) is 24.9 Å². The molecule has 0 radical (unpaired) electrons. The highest BCUT2D eigenvalue weighted by atomic mass is 16.5. The Labute approximate surface area is 101 Å². The lowest BCUT2D eigenvalue weighted by Crippen LogP contribution is -2.35. The van der Waals surface area contributed by atoms with Gasteiger partial charge in [-0.3, -0.25) is 0 Å². The van der Waals surface area contributed by atoms with Gasteiger partial charge in [0, 0.05) is 17.8 Å². The summed E-state index contributed by atoms with van der Waals surface area (Å²) in [6.45, 7) is 0. The summed E-state index contributed by atoms with van der Waals surface area (Å²) in [7, 11) is 1.38. The summed E-state index contributed by atoms with van der Waals surface area (Å²) in [5, 5.41) is 3.38. The van der Waals surface area contributed by atoms with E-state index in [4.69, 9.17) is 10.5 Å². The van der Waals surface area contributed by atoms with Crippen LogP contribution in [-0.2, 0) is 4.74 Å². The first-order valence-corrected chi connectivity index (χ1v) is 5.91. The molecule has 0 amide bonds. The molecular formula is C13H18N2O2. The molecule has 0 spiro atoms. The van der Waals surface area contributed by atoms with Crippen molar-refractivity contribution < 1.29 is 9.53 Å². The van der Waals surface area contributed by atoms with Gasteiger partial charge in [0.05, 0.1) is 12.7 Å². The lowest BCUT2D eigenvalue weighted by Gasteiger charge is -2.18. The highest BCUT2D eigenvalue weighted by molar-refractivity contribution is 5.90. The van der Waals surface area contributed by atoms with Crippen molar-refractivity contribution in [2.24, 2.45) is 5.73 Å². The third kappa shape index (κ3) is 2.77. The minimum atomic E-state index is -0.315. The largest absolute Gasteiger partial charge is 0.465 e. The molecule has 17 heavy (non-hydrogen) atoms. The molecule has 3 N–H and O–H groups in total. The number of carbonyl (C=O) groups excluding carboxylic acids is 1. The second-order valence-electron chi connectivity index (χ2n) is 4.42. The van der Waals surface area contributed by atoms with E-state index in [0.29, 0.717) is 11.6 Å². The van der Waals surface area contributed by atoms with E-state index in [1.807, 2.05) is 12.1 Å². The fraction of sp³-hybridized carbons (Fsp3) is 0.462. The molecule has 2 rings (SSSR count). The lowest BCUT2D eigenvalue weighted by atomic mass is 10.1. The topological polar surface area (TPSA) is 64.3 Å². The lowest BCUT2D eigenvalue weighted by molar-refractivity contribution is 0.0601. The van der Waals surface area contributed by atoms with E-state index in [-0.39, 0.29) is 12.0 Å². The molecule has 2 atom stereocenters. The van der Waals surface area contributed by atoms with Crippen molar-refractivity contribution in [1.82, 2.24) is 0 Å². The van der Waals surface area contributed by atoms with Crippen LogP contribution in [0.4, 0.5) is 5.69 Å². The van der Waals surface area contributed by atoms with Gasteiger partial charge < -0.3 is 15.8 Å². The van der Waals surface area contributed by atoms with E-state index in [1.165, 1.54) is 7.11 Å². The fourth-order valence-electron chi connectivity index (χ4n) is 2.24. The average Bonchev–Trinajstić information content (AvgIpc) is 2.74. The van der Waals surface area contributed by atoms with Gasteiger partial charge in [0.25, 0.3) is 0 Å². The summed E-state index contributed by atoms with van der Waals surface area (Å²) in [5.74, 6) is -0.315. The molecule has 1 aliphatic carbocycles. The van der Waals surface area contributed by atoms with E-state index in [1.54, 1.807) is 12.1 Å². The molecule has 0 heterocycles. The maximum Gasteiger partial charge on any atom is 0.337 e. The molecule has 1 saturated carbocycles. The molecule has 4 nitrogen and oxygen atoms in total. The summed E-state index contributed by atoms with van der Waals surface area (Å²) in [5.41, 5.74) is 7.48. The number of nitrogens with one attached hydrogen (secondary N) is 1. The summed E-state index contributed by atoms with van der Waals surface area (Å²) < 4.78 is 4.69. The highest BCUT2D eigenvalue weighted by Gasteiger charge is 2.23. The Morgan fingerprint density at radius 1 is 1.47 bits per heavy atom. The molecule has 1 aromatic rings. The van der Waals surface area contributed by atoms with Crippen LogP contribution in [0.3, 0.4) is 0 Å². The van der Waals surface area contributed by atoms with E-state index < -0.39 is 0 Å². The molecule has 1 aromatic carbocycles. The number of rotatable bonds is 3. The van der Waals surface area contributed by atoms with Crippen molar-refractivity contribution in [2.45, 2.75) is 31.3 Å². The Bertz CT molecular complexity index is 406. The monoisotopic (exact) mass is 234 g/mol. The Morgan fingerprint density at radius 3 is 2.94 bits per heavy atom. The second kappa shape index (κ2) is 5.19. The third-order valence-electron chi connectivity index (χ3n) is 3.21. The van der Waals surface area contributed by atoms with E-state index in [9.17, 15) is 4.79 Å². The smallest absolute Gasteiger partial charge is 0.337 e. The van der Waals surface area contributed by atoms with Gasteiger partial charge in [-0.1, -0.05) is 6.07 Å². The van der Waals surface area contributed by atoms with E-state index in [2.05, 4.69) is 5.32 Å². The van der Waals surface area contributed by atoms with Crippen LogP contribution in [-0.4, -0.2) is 25.2 Å². The van der Waals surface area contributed by atoms with Crippen LogP contribution < -0.4 is 11.1 Å². The van der Waals surface area contributed by atoms with Crippen molar-refractivity contribution in [3.63, 3.8) is 0 Å². The van der Waals surface area contributed by atoms with Crippen molar-refractivity contribution in [1.29, 1.82) is 0 Å². The SMILES string of the molecule is COC(=O)c1cccc(NC2CCCC2N)c1. The van der Waals surface area contributed by atoms with Gasteiger partial charge in [-0.25, -0.2) is 4.79 Å². The molecule has 0 aliphatic heterocycles. The van der Waals surface area contributed by atoms with Crippen molar-refractivity contribution in [3.05, 3.63) is 29.8 Å². The average molecular weight is 234 g/mol. The maximum absolute atomic E-state index is 11.4. The van der Waals surface area contributed by atoms with Gasteiger partial charge in [0.2, 0.25) is 0 Å². The molecule has 92 valence electrons. The Balaban J connectivity index is 2.08. The van der Waals surface area contributed by atoms with Crippen LogP contribution in [0.5, 0.6) is 0 Å². The summed E-state index contributed by atoms with van der Waals surface area (Å²) >= 11 is 0. The van der Waals surface area contributed by atoms with Crippen LogP contribution in [0, 0.1) is 0 Å². The van der Waals surface area contributed by atoms with E-state index >= 15 is 0 Å². The summed E-state index contributed by atoms with van der Waals surface area (Å²) in [4.78, 5) is 11.4. The Hall–Kier alpha value is -1.55. The zero-order chi connectivity index (χ0) is 12.3. The molecule has 4 heteroatoms. The normalized spacial score (nSPS) is 23.4. The number of benzene rings is 1. The van der Waals surface area contributed by atoms with Gasteiger partial charge in [-0.05, 0) is 37.5 Å². The van der Waals surface area contributed by atoms with Gasteiger partial charge >= 0.3 is 5.97 Å². The molecule has 0 aromatic heterocycles. The zero-order valence-electron chi connectivity index (χ0n) is 9.98. The van der Waals surface area contributed by atoms with Crippen LogP contribution in [0.25, 0.3) is 0 Å². The van der Waals surface area contributed by atoms with Gasteiger partial charge in [-0.15, -0.1) is 0 Å². The summed E-state index contributed by atoms with van der Waals surface area (Å²) in [6, 6.07) is 7.84. The second-order valence-corrected chi connectivity index (χ2v) is 4.42. The number of hydrogen-bond acceptors (Lipinski definition) is 4. The predicted octanol–water partition coefficient (Wildman–Crippen LogP) is 1.76. The fourth-order valence-corrected chi connectivity index (χ4v) is 2.24. The van der Waals surface area contributed by atoms with Crippen LogP contribution in [0.1, 0.15) is 29.6 Å². The maximum atomic E-state index is 11.4. The van der Waals surface area contributed by atoms with Crippen molar-refractivity contribution >= 4 is 11.7 Å². The van der Waals surface area contributed by atoms with Gasteiger partial charge in [0.15, 0.2) is 0 Å². The number of esters is 1. The standard InChI is InChI=1S/C13H18N2O2/c1-17-13(16)9-4-2-5-10(8-9)15-12-7-3-6-11(12)14/h2,4-5,8,11-12,15H,3,6-7,14H2,1H3. The first kappa shape index (κ1) is 11.9. The molecular weight excluding hydrogens is 216 g/mol. The molecule has 0 saturated heterocycles. The molecule has 1 fully saturated rings. The Morgan fingerprint density at radius 2 is 2.29 bits per heavy atom. The van der Waals surface area contributed by atoms with Crippen molar-refractivity contribution in [3.8, 4) is 0 Å². The number of hydrogen-bond donors (Lipinski definition) is 2. The van der Waals surface area contributed by atoms with Crippen LogP contribution in [0.2, 0.25) is 0 Å². The third-order valence-corrected chi connectivity index (χ3v) is 3.21. The van der Waals surface area contributed by atoms with Gasteiger partial charge in [0.1, 0.15) is 0 Å². The number of methoxy groups -OCH3 is 1. The molecule has 0 bridgehead atoms.